The summed E-state index contributed by atoms with van der Waals surface area (Å²) in [6.07, 6.45) is 4.19. The zero-order valence-electron chi connectivity index (χ0n) is 18.3. The lowest BCUT2D eigenvalue weighted by Crippen LogP contribution is -2.53. The maximum absolute atomic E-state index is 13.3. The molecule has 2 bridgehead atoms. The van der Waals surface area contributed by atoms with E-state index in [0.717, 1.165) is 49.8 Å². The van der Waals surface area contributed by atoms with Gasteiger partial charge in [-0.15, -0.1) is 0 Å². The minimum absolute atomic E-state index is 0.0270. The molecule has 8 nitrogen and oxygen atoms in total. The summed E-state index contributed by atoms with van der Waals surface area (Å²) in [6, 6.07) is 7.66. The first-order chi connectivity index (χ1) is 15.5. The van der Waals surface area contributed by atoms with Gasteiger partial charge in [-0.05, 0) is 55.4 Å². The zero-order valence-corrected chi connectivity index (χ0v) is 18.3. The molecule has 1 aromatic carbocycles. The Morgan fingerprint density at radius 1 is 1.34 bits per heavy atom. The number of hydrogen-bond donors (Lipinski definition) is 0. The molecule has 2 amide bonds. The summed E-state index contributed by atoms with van der Waals surface area (Å²) in [7, 11) is 0. The van der Waals surface area contributed by atoms with Crippen LogP contribution < -0.4 is 4.74 Å². The quantitative estimate of drug-likeness (QED) is 0.630. The average molecular weight is 437 g/mol. The van der Waals surface area contributed by atoms with E-state index >= 15 is 0 Å². The van der Waals surface area contributed by atoms with Crippen LogP contribution >= 0.6 is 0 Å². The number of likely N-dealkylation sites (tertiary alicyclic amines) is 3. The van der Waals surface area contributed by atoms with Gasteiger partial charge in [0.05, 0.1) is 18.2 Å². The van der Waals surface area contributed by atoms with Crippen LogP contribution in [0, 0.1) is 17.2 Å². The first kappa shape index (κ1) is 21.0. The molecule has 5 rings (SSSR count). The molecule has 1 aromatic rings. The number of nitriles is 1. The van der Waals surface area contributed by atoms with Crippen molar-refractivity contribution in [1.29, 1.82) is 5.26 Å². The Labute approximate surface area is 187 Å². The molecule has 5 atom stereocenters. The van der Waals surface area contributed by atoms with Gasteiger partial charge < -0.3 is 14.5 Å². The van der Waals surface area contributed by atoms with Gasteiger partial charge in [0, 0.05) is 31.6 Å². The van der Waals surface area contributed by atoms with Crippen LogP contribution in [0.5, 0.6) is 5.75 Å². The number of nitrogens with zero attached hydrogens (tertiary/aromatic N) is 4. The Morgan fingerprint density at radius 2 is 2.19 bits per heavy atom. The molecule has 1 aliphatic carbocycles. The molecule has 8 heteroatoms. The van der Waals surface area contributed by atoms with Crippen LogP contribution in [0.25, 0.3) is 0 Å². The second-order valence-electron chi connectivity index (χ2n) is 9.45. The van der Waals surface area contributed by atoms with Crippen molar-refractivity contribution in [3.05, 3.63) is 29.3 Å². The highest BCUT2D eigenvalue weighted by atomic mass is 16.5. The fraction of sp³-hybridized carbons (Fsp3) is 0.583. The van der Waals surface area contributed by atoms with Crippen molar-refractivity contribution in [1.82, 2.24) is 14.7 Å². The molecular formula is C24H28N4O4. The van der Waals surface area contributed by atoms with Crippen LogP contribution in [0.2, 0.25) is 0 Å². The lowest BCUT2D eigenvalue weighted by molar-refractivity contribution is -0.142. The van der Waals surface area contributed by atoms with Crippen molar-refractivity contribution < 1.29 is 19.1 Å². The molecule has 0 N–H and O–H groups in total. The second kappa shape index (κ2) is 8.21. The third-order valence-electron chi connectivity index (χ3n) is 7.61. The lowest BCUT2D eigenvalue weighted by Gasteiger charge is -2.38. The Kier molecular flexibility index (Phi) is 5.38. The monoisotopic (exact) mass is 436 g/mol. The minimum Gasteiger partial charge on any atom is -0.429 e. The van der Waals surface area contributed by atoms with Gasteiger partial charge in [0.1, 0.15) is 11.8 Å². The first-order valence-corrected chi connectivity index (χ1v) is 11.5. The number of rotatable bonds is 6. The second-order valence-corrected chi connectivity index (χ2v) is 9.45. The summed E-state index contributed by atoms with van der Waals surface area (Å²) >= 11 is 0. The molecule has 0 saturated carbocycles. The molecular weight excluding hydrogens is 408 g/mol. The van der Waals surface area contributed by atoms with E-state index in [1.54, 1.807) is 11.0 Å². The van der Waals surface area contributed by atoms with E-state index in [2.05, 4.69) is 15.9 Å². The number of piperazine rings is 1. The fourth-order valence-electron chi connectivity index (χ4n) is 6.17. The van der Waals surface area contributed by atoms with Gasteiger partial charge in [0.15, 0.2) is 0 Å². The molecule has 4 aliphatic rings. The van der Waals surface area contributed by atoms with E-state index < -0.39 is 0 Å². The largest absolute Gasteiger partial charge is 0.429 e. The van der Waals surface area contributed by atoms with Crippen LogP contribution in [0.1, 0.15) is 49.8 Å². The molecule has 3 heterocycles. The molecule has 3 fully saturated rings. The van der Waals surface area contributed by atoms with Crippen LogP contribution in [0.4, 0.5) is 0 Å². The summed E-state index contributed by atoms with van der Waals surface area (Å²) < 4.78 is 4.97. The summed E-state index contributed by atoms with van der Waals surface area (Å²) in [5.41, 5.74) is 2.29. The summed E-state index contributed by atoms with van der Waals surface area (Å²) in [6.45, 7) is 4.34. The number of ether oxygens (including phenoxy) is 1. The highest BCUT2D eigenvalue weighted by molar-refractivity contribution is 5.87. The SMILES string of the molecule is C[C@@H](CN1C[C@@H]2C[C@H]1C(=O)N2[C@@H]1CCc2cc(OC=O)ccc21)C(=O)N1CCC[C@H]1C#N. The molecule has 3 aliphatic heterocycles. The van der Waals surface area contributed by atoms with E-state index in [9.17, 15) is 19.6 Å². The predicted octanol–water partition coefficient (Wildman–Crippen LogP) is 1.64. The maximum atomic E-state index is 13.3. The van der Waals surface area contributed by atoms with Crippen LogP contribution in [0.15, 0.2) is 18.2 Å². The van der Waals surface area contributed by atoms with Gasteiger partial charge in [-0.2, -0.15) is 5.26 Å². The molecule has 0 unspecified atom stereocenters. The number of carbonyl (C=O) groups excluding carboxylic acids is 3. The number of benzene rings is 1. The van der Waals surface area contributed by atoms with Gasteiger partial charge in [-0.25, -0.2) is 0 Å². The van der Waals surface area contributed by atoms with Crippen molar-refractivity contribution in [3.63, 3.8) is 0 Å². The normalized spacial score (nSPS) is 29.8. The van der Waals surface area contributed by atoms with Crippen molar-refractivity contribution in [3.8, 4) is 11.8 Å². The average Bonchev–Trinajstić information content (AvgIpc) is 3.56. The van der Waals surface area contributed by atoms with Crippen LogP contribution in [-0.2, 0) is 20.8 Å². The number of hydrogen-bond acceptors (Lipinski definition) is 6. The molecule has 3 saturated heterocycles. The lowest BCUT2D eigenvalue weighted by atomic mass is 10.0. The van der Waals surface area contributed by atoms with E-state index in [1.807, 2.05) is 19.1 Å². The molecule has 0 aromatic heterocycles. The van der Waals surface area contributed by atoms with Gasteiger partial charge >= 0.3 is 0 Å². The number of amides is 2. The van der Waals surface area contributed by atoms with Crippen LogP contribution in [0.3, 0.4) is 0 Å². The van der Waals surface area contributed by atoms with E-state index in [-0.39, 0.29) is 41.9 Å². The van der Waals surface area contributed by atoms with Crippen molar-refractivity contribution in [2.75, 3.05) is 19.6 Å². The van der Waals surface area contributed by atoms with E-state index in [4.69, 9.17) is 4.74 Å². The Morgan fingerprint density at radius 3 is 2.94 bits per heavy atom. The number of carbonyl (C=O) groups is 3. The minimum atomic E-state index is -0.308. The van der Waals surface area contributed by atoms with Gasteiger partial charge in [0.25, 0.3) is 6.47 Å². The van der Waals surface area contributed by atoms with E-state index in [0.29, 0.717) is 25.3 Å². The maximum Gasteiger partial charge on any atom is 0.298 e. The van der Waals surface area contributed by atoms with Crippen LogP contribution in [-0.4, -0.2) is 70.7 Å². The Bertz CT molecular complexity index is 989. The molecule has 0 spiro atoms. The van der Waals surface area contributed by atoms with Crippen molar-refractivity contribution in [2.45, 2.75) is 63.2 Å². The fourth-order valence-corrected chi connectivity index (χ4v) is 6.17. The highest BCUT2D eigenvalue weighted by Crippen LogP contribution is 2.44. The van der Waals surface area contributed by atoms with Crippen molar-refractivity contribution >= 4 is 18.3 Å². The van der Waals surface area contributed by atoms with Gasteiger partial charge in [0.2, 0.25) is 11.8 Å². The summed E-state index contributed by atoms with van der Waals surface area (Å²) in [5.74, 6) is 0.491. The Hall–Kier alpha value is -2.92. The topological polar surface area (TPSA) is 93.9 Å². The standard InChI is InChI=1S/C24H28N4O4/c1-15(23(30)27-8-2-3-17(27)11-25)12-26-13-18-10-22(26)24(31)28(18)21-7-4-16-9-19(32-14-29)5-6-20(16)21/h5-6,9,14-15,17-18,21-22H,2-4,7-8,10,12-13H2,1H3/t15-,17-,18-,21+,22-/m0/s1. The van der Waals surface area contributed by atoms with Gasteiger partial charge in [-0.3, -0.25) is 19.3 Å². The van der Waals surface area contributed by atoms with Crippen molar-refractivity contribution in [2.24, 2.45) is 5.92 Å². The number of fused-ring (bicyclic) bond motifs is 3. The number of aryl methyl sites for hydroxylation is 1. The predicted molar refractivity (Wildman–Crippen MR) is 114 cm³/mol. The summed E-state index contributed by atoms with van der Waals surface area (Å²) in [4.78, 5) is 42.8. The summed E-state index contributed by atoms with van der Waals surface area (Å²) in [5, 5.41) is 9.29. The molecule has 0 radical (unpaired) electrons. The zero-order chi connectivity index (χ0) is 22.4. The van der Waals surface area contributed by atoms with E-state index in [1.165, 1.54) is 0 Å². The first-order valence-electron chi connectivity index (χ1n) is 11.5. The van der Waals surface area contributed by atoms with Gasteiger partial charge in [-0.1, -0.05) is 13.0 Å². The third kappa shape index (κ3) is 3.36. The molecule has 168 valence electrons. The third-order valence-corrected chi connectivity index (χ3v) is 7.61. The Balaban J connectivity index is 1.24. The smallest absolute Gasteiger partial charge is 0.298 e. The highest BCUT2D eigenvalue weighted by Gasteiger charge is 2.53. The molecule has 32 heavy (non-hydrogen) atoms.